The quantitative estimate of drug-likeness (QED) is 0.471. The molecule has 3 N–H and O–H groups in total. The van der Waals surface area contributed by atoms with Crippen molar-refractivity contribution in [2.75, 3.05) is 11.1 Å². The van der Waals surface area contributed by atoms with Gasteiger partial charge in [0.25, 0.3) is 0 Å². The van der Waals surface area contributed by atoms with Crippen molar-refractivity contribution < 1.29 is 9.53 Å². The van der Waals surface area contributed by atoms with E-state index in [1.165, 1.54) is 6.08 Å². The molecule has 1 heterocycles. The van der Waals surface area contributed by atoms with Gasteiger partial charge in [-0.15, -0.1) is 0 Å². The first-order chi connectivity index (χ1) is 11.6. The van der Waals surface area contributed by atoms with E-state index in [0.717, 1.165) is 5.69 Å². The molecule has 0 spiro atoms. The highest BCUT2D eigenvalue weighted by atomic mass is 35.5. The Balaban J connectivity index is 2.02. The van der Waals surface area contributed by atoms with Crippen LogP contribution in [0.25, 0.3) is 0 Å². The minimum absolute atomic E-state index is 0.0250. The average Bonchev–Trinajstić information content (AvgIpc) is 2.55. The number of benzene rings is 1. The number of hydrogen-bond acceptors (Lipinski definition) is 7. The molecule has 0 aliphatic carbocycles. The lowest BCUT2D eigenvalue weighted by Crippen LogP contribution is -2.10. The normalized spacial score (nSPS) is 11.1. The third kappa shape index (κ3) is 5.69. The van der Waals surface area contributed by atoms with Gasteiger partial charge in [0.15, 0.2) is 12.4 Å². The summed E-state index contributed by atoms with van der Waals surface area (Å²) in [5, 5.41) is 3.60. The smallest absolute Gasteiger partial charge is 0.331 e. The fraction of sp³-hybridized carbons (Fsp3) is 0.125. The highest BCUT2D eigenvalue weighted by Crippen LogP contribution is 2.17. The third-order valence-corrected chi connectivity index (χ3v) is 2.93. The lowest BCUT2D eigenvalue weighted by molar-refractivity contribution is -0.139. The van der Waals surface area contributed by atoms with Crippen LogP contribution in [0, 0.1) is 0 Å². The topological polar surface area (TPSA) is 103 Å². The minimum atomic E-state index is -0.501. The number of allylic oxidation sites excluding steroid dienone is 3. The fourth-order valence-electron chi connectivity index (χ4n) is 1.65. The monoisotopic (exact) mass is 345 g/mol. The second-order valence-electron chi connectivity index (χ2n) is 4.56. The molecule has 124 valence electrons. The predicted molar refractivity (Wildman–Crippen MR) is 92.7 cm³/mol. The highest BCUT2D eigenvalue weighted by molar-refractivity contribution is 6.30. The van der Waals surface area contributed by atoms with Crippen LogP contribution < -0.4 is 11.1 Å². The summed E-state index contributed by atoms with van der Waals surface area (Å²) in [5.74, 6) is 0.0170. The Morgan fingerprint density at radius 1 is 1.25 bits per heavy atom. The van der Waals surface area contributed by atoms with E-state index in [2.05, 4.69) is 20.3 Å². The number of rotatable bonds is 6. The zero-order valence-corrected chi connectivity index (χ0v) is 13.7. The van der Waals surface area contributed by atoms with Gasteiger partial charge in [0.2, 0.25) is 11.9 Å². The fourth-order valence-corrected chi connectivity index (χ4v) is 1.78. The van der Waals surface area contributed by atoms with Gasteiger partial charge in [0.05, 0.1) is 0 Å². The van der Waals surface area contributed by atoms with E-state index < -0.39 is 5.97 Å². The number of carbonyl (C=O) groups is 1. The summed E-state index contributed by atoms with van der Waals surface area (Å²) in [5.41, 5.74) is 6.39. The first kappa shape index (κ1) is 17.4. The Bertz CT molecular complexity index is 760. The Morgan fingerprint density at radius 3 is 2.71 bits per heavy atom. The van der Waals surface area contributed by atoms with E-state index >= 15 is 0 Å². The molecule has 0 aliphatic rings. The molecule has 8 heteroatoms. The van der Waals surface area contributed by atoms with E-state index in [0.29, 0.717) is 5.02 Å². The van der Waals surface area contributed by atoms with Crippen LogP contribution in [-0.2, 0) is 16.1 Å². The van der Waals surface area contributed by atoms with Gasteiger partial charge >= 0.3 is 5.97 Å². The van der Waals surface area contributed by atoms with Crippen molar-refractivity contribution in [3.63, 3.8) is 0 Å². The molecule has 2 aromatic rings. The molecule has 0 saturated carbocycles. The van der Waals surface area contributed by atoms with Crippen LogP contribution in [0.15, 0.2) is 48.6 Å². The minimum Gasteiger partial charge on any atom is -0.454 e. The van der Waals surface area contributed by atoms with E-state index in [9.17, 15) is 4.79 Å². The van der Waals surface area contributed by atoms with Crippen molar-refractivity contribution in [3.8, 4) is 0 Å². The van der Waals surface area contributed by atoms with Gasteiger partial charge in [-0.2, -0.15) is 15.0 Å². The van der Waals surface area contributed by atoms with Crippen molar-refractivity contribution in [3.05, 3.63) is 59.4 Å². The molecular formula is C16H16ClN5O2. The number of carbonyl (C=O) groups excluding carboxylic acids is 1. The molecule has 1 aromatic carbocycles. The van der Waals surface area contributed by atoms with Crippen molar-refractivity contribution in [2.24, 2.45) is 0 Å². The van der Waals surface area contributed by atoms with E-state index in [4.69, 9.17) is 22.1 Å². The maximum absolute atomic E-state index is 11.5. The molecule has 0 saturated heterocycles. The number of nitrogen functional groups attached to an aromatic ring is 1. The van der Waals surface area contributed by atoms with E-state index in [-0.39, 0.29) is 24.3 Å². The van der Waals surface area contributed by atoms with Gasteiger partial charge in [-0.25, -0.2) is 4.79 Å². The summed E-state index contributed by atoms with van der Waals surface area (Å²) in [6, 6.07) is 7.00. The van der Waals surface area contributed by atoms with Crippen LogP contribution in [0.3, 0.4) is 0 Å². The second-order valence-corrected chi connectivity index (χ2v) is 4.99. The number of nitrogens with two attached hydrogens (primary N) is 1. The van der Waals surface area contributed by atoms with Crippen LogP contribution in [-0.4, -0.2) is 20.9 Å². The van der Waals surface area contributed by atoms with E-state index in [1.54, 1.807) is 42.5 Å². The molecule has 0 atom stereocenters. The molecule has 0 aliphatic heterocycles. The summed E-state index contributed by atoms with van der Waals surface area (Å²) in [7, 11) is 0. The van der Waals surface area contributed by atoms with Crippen LogP contribution in [0.4, 0.5) is 17.6 Å². The summed E-state index contributed by atoms with van der Waals surface area (Å²) in [6.45, 7) is 1.74. The van der Waals surface area contributed by atoms with Gasteiger partial charge in [0, 0.05) is 16.8 Å². The Hall–Kier alpha value is -2.93. The Kier molecular flexibility index (Phi) is 6.27. The van der Waals surface area contributed by atoms with Gasteiger partial charge in [0.1, 0.15) is 0 Å². The Labute approximate surface area is 144 Å². The highest BCUT2D eigenvalue weighted by Gasteiger charge is 2.07. The van der Waals surface area contributed by atoms with E-state index in [1.807, 2.05) is 6.92 Å². The van der Waals surface area contributed by atoms with Crippen molar-refractivity contribution >= 4 is 35.2 Å². The molecule has 1 aromatic heterocycles. The molecule has 2 rings (SSSR count). The lowest BCUT2D eigenvalue weighted by atomic mass is 10.3. The lowest BCUT2D eigenvalue weighted by Gasteiger charge is -2.07. The summed E-state index contributed by atoms with van der Waals surface area (Å²) < 4.78 is 5.04. The maximum atomic E-state index is 11.5. The molecule has 7 nitrogen and oxygen atoms in total. The Morgan fingerprint density at radius 2 is 2.00 bits per heavy atom. The maximum Gasteiger partial charge on any atom is 0.331 e. The van der Waals surface area contributed by atoms with Gasteiger partial charge in [-0.05, 0) is 31.2 Å². The number of esters is 1. The van der Waals surface area contributed by atoms with Crippen LogP contribution in [0.2, 0.25) is 5.02 Å². The molecular weight excluding hydrogens is 330 g/mol. The van der Waals surface area contributed by atoms with Crippen LogP contribution in [0.1, 0.15) is 12.7 Å². The van der Waals surface area contributed by atoms with Gasteiger partial charge in [-0.3, -0.25) is 0 Å². The zero-order chi connectivity index (χ0) is 17.4. The average molecular weight is 346 g/mol. The van der Waals surface area contributed by atoms with Crippen molar-refractivity contribution in [2.45, 2.75) is 13.5 Å². The molecule has 24 heavy (non-hydrogen) atoms. The summed E-state index contributed by atoms with van der Waals surface area (Å²) in [4.78, 5) is 23.6. The third-order valence-electron chi connectivity index (χ3n) is 2.68. The zero-order valence-electron chi connectivity index (χ0n) is 12.9. The first-order valence-corrected chi connectivity index (χ1v) is 7.44. The standard InChI is InChI=1S/C16H16ClN5O2/c1-2-3-4-5-14(23)24-10-13-20-15(18)22-16(21-13)19-12-8-6-11(17)7-9-12/h2-9H,10H2,1H3,(H3,18,19,20,21,22)/b3-2+,5-4+. The van der Waals surface area contributed by atoms with Crippen LogP contribution >= 0.6 is 11.6 Å². The summed E-state index contributed by atoms with van der Waals surface area (Å²) in [6.07, 6.45) is 6.40. The number of nitrogens with one attached hydrogen (secondary N) is 1. The number of hydrogen-bond donors (Lipinski definition) is 2. The number of halogens is 1. The second kappa shape index (κ2) is 8.64. The molecule has 0 bridgehead atoms. The number of aromatic nitrogens is 3. The molecule has 0 radical (unpaired) electrons. The van der Waals surface area contributed by atoms with Gasteiger partial charge < -0.3 is 15.8 Å². The van der Waals surface area contributed by atoms with Crippen LogP contribution in [0.5, 0.6) is 0 Å². The molecule has 0 unspecified atom stereocenters. The predicted octanol–water partition coefficient (Wildman–Crippen LogP) is 3.03. The van der Waals surface area contributed by atoms with Crippen molar-refractivity contribution in [1.29, 1.82) is 0 Å². The van der Waals surface area contributed by atoms with Crippen molar-refractivity contribution in [1.82, 2.24) is 15.0 Å². The number of ether oxygens (including phenoxy) is 1. The van der Waals surface area contributed by atoms with Gasteiger partial charge in [-0.1, -0.05) is 29.8 Å². The largest absolute Gasteiger partial charge is 0.454 e. The first-order valence-electron chi connectivity index (χ1n) is 7.06. The molecule has 0 amide bonds. The SMILES string of the molecule is C/C=C/C=C/C(=O)OCc1nc(N)nc(Nc2ccc(Cl)cc2)n1. The molecule has 0 fully saturated rings. The number of nitrogens with zero attached hydrogens (tertiary/aromatic N) is 3. The summed E-state index contributed by atoms with van der Waals surface area (Å²) >= 11 is 5.83. The number of anilines is 3.